The van der Waals surface area contributed by atoms with Gasteiger partial charge in [-0.25, -0.2) is 4.98 Å². The Hall–Kier alpha value is -3.36. The number of hydrogen-bond acceptors (Lipinski definition) is 5. The molecule has 0 aliphatic carbocycles. The number of pyridine rings is 1. The molecule has 8 heteroatoms. The minimum atomic E-state index is -0.358. The largest absolute Gasteiger partial charge is 0.321 e. The number of nitrogens with zero attached hydrogens (tertiary/aromatic N) is 3. The highest BCUT2D eigenvalue weighted by molar-refractivity contribution is 9.10. The molecule has 2 amide bonds. The first-order valence-electron chi connectivity index (χ1n) is 9.99. The number of halogens is 1. The smallest absolute Gasteiger partial charge is 0.258 e. The molecule has 1 aromatic heterocycles. The Labute approximate surface area is 195 Å². The lowest BCUT2D eigenvalue weighted by molar-refractivity contribution is 0.102. The molecule has 0 spiro atoms. The van der Waals surface area contributed by atoms with E-state index in [1.807, 2.05) is 19.2 Å². The third kappa shape index (κ3) is 6.57. The molecular weight excluding hydrogens is 470 g/mol. The first-order chi connectivity index (χ1) is 15.5. The van der Waals surface area contributed by atoms with E-state index in [1.165, 1.54) is 0 Å². The van der Waals surface area contributed by atoms with Crippen LogP contribution in [0, 0.1) is 0 Å². The average molecular weight is 494 g/mol. The molecule has 0 unspecified atom stereocenters. The minimum absolute atomic E-state index is 0.289. The van der Waals surface area contributed by atoms with Crippen molar-refractivity contribution in [3.05, 3.63) is 88.0 Å². The normalized spacial score (nSPS) is 10.6. The predicted octanol–water partition coefficient (Wildman–Crippen LogP) is 4.48. The summed E-state index contributed by atoms with van der Waals surface area (Å²) in [5, 5.41) is 5.57. The number of nitrogens with one attached hydrogen (secondary N) is 2. The van der Waals surface area contributed by atoms with Crippen LogP contribution in [-0.4, -0.2) is 48.6 Å². The van der Waals surface area contributed by atoms with Gasteiger partial charge < -0.3 is 15.5 Å². The fourth-order valence-corrected chi connectivity index (χ4v) is 3.25. The van der Waals surface area contributed by atoms with Crippen molar-refractivity contribution >= 4 is 46.0 Å². The Balaban J connectivity index is 1.67. The van der Waals surface area contributed by atoms with Crippen LogP contribution in [0.1, 0.15) is 26.3 Å². The van der Waals surface area contributed by atoms with Crippen molar-refractivity contribution in [2.45, 2.75) is 6.54 Å². The van der Waals surface area contributed by atoms with Crippen molar-refractivity contribution in [2.75, 3.05) is 30.8 Å². The SMILES string of the molecule is C=NCCN(C)Cc1ccc(C(=O)Nc2ccccc2C(=O)Nc2ccc(Br)cn2)cc1. The van der Waals surface area contributed by atoms with Gasteiger partial charge in [0.2, 0.25) is 0 Å². The van der Waals surface area contributed by atoms with Gasteiger partial charge in [0, 0.05) is 29.3 Å². The predicted molar refractivity (Wildman–Crippen MR) is 131 cm³/mol. The van der Waals surface area contributed by atoms with Crippen molar-refractivity contribution in [1.29, 1.82) is 0 Å². The van der Waals surface area contributed by atoms with Crippen LogP contribution in [0.5, 0.6) is 0 Å². The zero-order valence-corrected chi connectivity index (χ0v) is 19.3. The number of hydrogen-bond donors (Lipinski definition) is 2. The summed E-state index contributed by atoms with van der Waals surface area (Å²) >= 11 is 3.31. The molecular formula is C24H24BrN5O2. The molecule has 164 valence electrons. The van der Waals surface area contributed by atoms with Crippen LogP contribution in [-0.2, 0) is 6.54 Å². The van der Waals surface area contributed by atoms with E-state index in [4.69, 9.17) is 0 Å². The van der Waals surface area contributed by atoms with E-state index in [0.717, 1.165) is 23.1 Å². The monoisotopic (exact) mass is 493 g/mol. The molecule has 3 rings (SSSR count). The van der Waals surface area contributed by atoms with E-state index in [9.17, 15) is 9.59 Å². The van der Waals surface area contributed by atoms with E-state index < -0.39 is 0 Å². The zero-order chi connectivity index (χ0) is 22.9. The lowest BCUT2D eigenvalue weighted by Gasteiger charge is -2.15. The van der Waals surface area contributed by atoms with Crippen molar-refractivity contribution < 1.29 is 9.59 Å². The Kier molecular flexibility index (Phi) is 8.24. The fourth-order valence-electron chi connectivity index (χ4n) is 3.01. The third-order valence-corrected chi connectivity index (χ3v) is 5.17. The summed E-state index contributed by atoms with van der Waals surface area (Å²) in [5.41, 5.74) is 2.37. The van der Waals surface area contributed by atoms with E-state index in [1.54, 1.807) is 54.7 Å². The van der Waals surface area contributed by atoms with E-state index in [2.05, 4.69) is 48.2 Å². The molecule has 0 bridgehead atoms. The molecule has 0 atom stereocenters. The molecule has 0 saturated heterocycles. The first-order valence-corrected chi connectivity index (χ1v) is 10.8. The number of benzene rings is 2. The topological polar surface area (TPSA) is 86.7 Å². The van der Waals surface area contributed by atoms with Crippen molar-refractivity contribution in [1.82, 2.24) is 9.88 Å². The molecule has 0 aliphatic heterocycles. The second-order valence-electron chi connectivity index (χ2n) is 7.20. The van der Waals surface area contributed by atoms with Gasteiger partial charge in [0.15, 0.2) is 0 Å². The zero-order valence-electron chi connectivity index (χ0n) is 17.7. The van der Waals surface area contributed by atoms with Gasteiger partial charge >= 0.3 is 0 Å². The maximum absolute atomic E-state index is 12.8. The molecule has 0 aliphatic rings. The Morgan fingerprint density at radius 3 is 2.47 bits per heavy atom. The molecule has 0 fully saturated rings. The highest BCUT2D eigenvalue weighted by Crippen LogP contribution is 2.19. The minimum Gasteiger partial charge on any atom is -0.321 e. The summed E-state index contributed by atoms with van der Waals surface area (Å²) in [6.45, 7) is 5.75. The summed E-state index contributed by atoms with van der Waals surface area (Å²) in [6, 6.07) is 17.7. The summed E-state index contributed by atoms with van der Waals surface area (Å²) in [5.74, 6) is -0.227. The van der Waals surface area contributed by atoms with Gasteiger partial charge in [0.25, 0.3) is 11.8 Å². The van der Waals surface area contributed by atoms with E-state index in [-0.39, 0.29) is 11.8 Å². The summed E-state index contributed by atoms with van der Waals surface area (Å²) < 4.78 is 0.814. The maximum atomic E-state index is 12.8. The van der Waals surface area contributed by atoms with Crippen LogP contribution in [0.2, 0.25) is 0 Å². The molecule has 2 aromatic carbocycles. The number of anilines is 2. The van der Waals surface area contributed by atoms with Gasteiger partial charge in [0.05, 0.1) is 17.8 Å². The lowest BCUT2D eigenvalue weighted by atomic mass is 10.1. The molecule has 2 N–H and O–H groups in total. The maximum Gasteiger partial charge on any atom is 0.258 e. The van der Waals surface area contributed by atoms with E-state index in [0.29, 0.717) is 29.2 Å². The number of amides is 2. The Bertz CT molecular complexity index is 1080. The van der Waals surface area contributed by atoms with Crippen LogP contribution < -0.4 is 10.6 Å². The van der Waals surface area contributed by atoms with Gasteiger partial charge in [-0.2, -0.15) is 0 Å². The van der Waals surface area contributed by atoms with Crippen LogP contribution >= 0.6 is 15.9 Å². The number of carbonyl (C=O) groups excluding carboxylic acids is 2. The second-order valence-corrected chi connectivity index (χ2v) is 8.11. The highest BCUT2D eigenvalue weighted by atomic mass is 79.9. The van der Waals surface area contributed by atoms with Crippen LogP contribution in [0.25, 0.3) is 0 Å². The molecule has 3 aromatic rings. The standard InChI is InChI=1S/C24H24BrN5O2/c1-26-13-14-30(2)16-17-7-9-18(10-8-17)23(31)28-21-6-4-3-5-20(21)24(32)29-22-12-11-19(25)15-27-22/h3-12,15H,1,13-14,16H2,2H3,(H,28,31)(H,27,29,32). The first kappa shape index (κ1) is 23.3. The van der Waals surface area contributed by atoms with Gasteiger partial charge in [-0.1, -0.05) is 24.3 Å². The molecule has 0 saturated carbocycles. The number of likely N-dealkylation sites (N-methyl/N-ethyl adjacent to an activating group) is 1. The van der Waals surface area contributed by atoms with Crippen molar-refractivity contribution in [2.24, 2.45) is 4.99 Å². The third-order valence-electron chi connectivity index (χ3n) is 4.70. The molecule has 7 nitrogen and oxygen atoms in total. The summed E-state index contributed by atoms with van der Waals surface area (Å²) in [7, 11) is 2.01. The molecule has 32 heavy (non-hydrogen) atoms. The van der Waals surface area contributed by atoms with Crippen LogP contribution in [0.4, 0.5) is 11.5 Å². The number of para-hydroxylation sites is 1. The van der Waals surface area contributed by atoms with Gasteiger partial charge in [-0.3, -0.25) is 14.6 Å². The van der Waals surface area contributed by atoms with E-state index >= 15 is 0 Å². The van der Waals surface area contributed by atoms with Crippen molar-refractivity contribution in [3.63, 3.8) is 0 Å². The quantitative estimate of drug-likeness (QED) is 0.430. The number of rotatable bonds is 9. The van der Waals surface area contributed by atoms with Gasteiger partial charge in [0.1, 0.15) is 5.82 Å². The molecule has 0 radical (unpaired) electrons. The average Bonchev–Trinajstić information content (AvgIpc) is 2.80. The number of aromatic nitrogens is 1. The highest BCUT2D eigenvalue weighted by Gasteiger charge is 2.15. The van der Waals surface area contributed by atoms with Crippen LogP contribution in [0.15, 0.2) is 76.3 Å². The number of aliphatic imine (C=N–C) groups is 1. The Morgan fingerprint density at radius 2 is 1.78 bits per heavy atom. The van der Waals surface area contributed by atoms with Gasteiger partial charge in [-0.15, -0.1) is 0 Å². The van der Waals surface area contributed by atoms with Crippen molar-refractivity contribution in [3.8, 4) is 0 Å². The Morgan fingerprint density at radius 1 is 1.03 bits per heavy atom. The lowest BCUT2D eigenvalue weighted by Crippen LogP contribution is -2.21. The second kappa shape index (κ2) is 11.3. The summed E-state index contributed by atoms with van der Waals surface area (Å²) in [6.07, 6.45) is 1.60. The van der Waals surface area contributed by atoms with Crippen LogP contribution in [0.3, 0.4) is 0 Å². The fraction of sp³-hybridized carbons (Fsp3) is 0.167. The molecule has 1 heterocycles. The van der Waals surface area contributed by atoms with Gasteiger partial charge in [-0.05, 0) is 71.7 Å². The number of carbonyl (C=O) groups is 2. The summed E-state index contributed by atoms with van der Waals surface area (Å²) in [4.78, 5) is 35.6.